The summed E-state index contributed by atoms with van der Waals surface area (Å²) in [5, 5.41) is 10.2. The minimum atomic E-state index is -5.08. The summed E-state index contributed by atoms with van der Waals surface area (Å²) in [5.74, 6) is -2.96. The van der Waals surface area contributed by atoms with Crippen LogP contribution in [0.4, 0.5) is 13.2 Å². The Morgan fingerprint density at radius 3 is 2.09 bits per heavy atom. The van der Waals surface area contributed by atoms with Gasteiger partial charge in [0.25, 0.3) is 0 Å². The van der Waals surface area contributed by atoms with Crippen molar-refractivity contribution in [2.45, 2.75) is 30.8 Å². The molecule has 1 aromatic rings. The molecule has 0 aliphatic carbocycles. The molecule has 15 heteroatoms. The number of benzene rings is 1. The average Bonchev–Trinajstić information content (AvgIpc) is 2.74. The standard InChI is InChI=1S/C16H26BrN3O4S2.C2HF3O2/c1-2-3-10-20(26(23,24)16-6-4-15(17)5-7-16)13-14-25(21,22)19-11-8-18-9-12-19;3-2(4,5)1(6)7/h4-7,18H,2-3,8-14H2,1H3;(H,6,7). The zero-order valence-electron chi connectivity index (χ0n) is 17.9. The molecule has 33 heavy (non-hydrogen) atoms. The van der Waals surface area contributed by atoms with Gasteiger partial charge in [-0.25, -0.2) is 21.6 Å². The van der Waals surface area contributed by atoms with Gasteiger partial charge in [-0.2, -0.15) is 21.8 Å². The van der Waals surface area contributed by atoms with Gasteiger partial charge < -0.3 is 10.4 Å². The molecule has 1 aliphatic rings. The van der Waals surface area contributed by atoms with Gasteiger partial charge in [-0.05, 0) is 30.7 Å². The van der Waals surface area contributed by atoms with Crippen molar-refractivity contribution in [2.75, 3.05) is 45.0 Å². The zero-order valence-corrected chi connectivity index (χ0v) is 21.1. The number of hydrogen-bond acceptors (Lipinski definition) is 6. The Morgan fingerprint density at radius 2 is 1.64 bits per heavy atom. The molecule has 190 valence electrons. The molecule has 1 heterocycles. The second kappa shape index (κ2) is 13.0. The van der Waals surface area contributed by atoms with Gasteiger partial charge in [-0.3, -0.25) is 0 Å². The van der Waals surface area contributed by atoms with Gasteiger partial charge >= 0.3 is 12.1 Å². The summed E-state index contributed by atoms with van der Waals surface area (Å²) in [4.78, 5) is 9.07. The van der Waals surface area contributed by atoms with E-state index in [9.17, 15) is 30.0 Å². The van der Waals surface area contributed by atoms with E-state index in [1.165, 1.54) is 20.7 Å². The number of alkyl halides is 3. The largest absolute Gasteiger partial charge is 0.490 e. The average molecular weight is 582 g/mol. The number of hydrogen-bond donors (Lipinski definition) is 2. The lowest BCUT2D eigenvalue weighted by Crippen LogP contribution is -2.48. The third-order valence-corrected chi connectivity index (χ3v) is 8.81. The highest BCUT2D eigenvalue weighted by atomic mass is 79.9. The van der Waals surface area contributed by atoms with Crippen LogP contribution in [-0.2, 0) is 24.8 Å². The van der Waals surface area contributed by atoms with Gasteiger partial charge in [0.1, 0.15) is 0 Å². The van der Waals surface area contributed by atoms with E-state index < -0.39 is 32.2 Å². The molecule has 0 aromatic heterocycles. The van der Waals surface area contributed by atoms with Crippen molar-refractivity contribution in [3.8, 4) is 0 Å². The second-order valence-electron chi connectivity index (χ2n) is 6.98. The fraction of sp³-hybridized carbons (Fsp3) is 0.611. The number of nitrogens with zero attached hydrogens (tertiary/aromatic N) is 2. The number of carboxylic acids is 1. The fourth-order valence-electron chi connectivity index (χ4n) is 2.71. The van der Waals surface area contributed by atoms with Crippen LogP contribution in [0.15, 0.2) is 33.6 Å². The third-order valence-electron chi connectivity index (χ3n) is 4.52. The topological polar surface area (TPSA) is 124 Å². The number of nitrogens with one attached hydrogen (secondary N) is 1. The van der Waals surface area contributed by atoms with Crippen LogP contribution in [0.5, 0.6) is 0 Å². The van der Waals surface area contributed by atoms with E-state index in [2.05, 4.69) is 21.2 Å². The molecule has 0 atom stereocenters. The van der Waals surface area contributed by atoms with E-state index in [1.807, 2.05) is 6.92 Å². The number of sulfonamides is 2. The molecule has 1 saturated heterocycles. The highest BCUT2D eigenvalue weighted by Gasteiger charge is 2.38. The first-order valence-electron chi connectivity index (χ1n) is 9.96. The van der Waals surface area contributed by atoms with Crippen molar-refractivity contribution >= 4 is 41.9 Å². The maximum Gasteiger partial charge on any atom is 0.490 e. The molecular weight excluding hydrogens is 555 g/mol. The highest BCUT2D eigenvalue weighted by Crippen LogP contribution is 2.20. The number of rotatable bonds is 9. The van der Waals surface area contributed by atoms with Crippen LogP contribution >= 0.6 is 15.9 Å². The minimum absolute atomic E-state index is 0.0370. The van der Waals surface area contributed by atoms with Crippen LogP contribution < -0.4 is 5.32 Å². The van der Waals surface area contributed by atoms with Gasteiger partial charge in [0, 0.05) is 43.7 Å². The monoisotopic (exact) mass is 581 g/mol. The molecule has 0 radical (unpaired) electrons. The highest BCUT2D eigenvalue weighted by molar-refractivity contribution is 9.10. The first-order valence-corrected chi connectivity index (χ1v) is 13.8. The summed E-state index contributed by atoms with van der Waals surface area (Å²) < 4.78 is 86.2. The van der Waals surface area contributed by atoms with E-state index in [1.54, 1.807) is 12.1 Å². The smallest absolute Gasteiger partial charge is 0.475 e. The van der Waals surface area contributed by atoms with Crippen LogP contribution in [0.2, 0.25) is 0 Å². The van der Waals surface area contributed by atoms with Crippen molar-refractivity contribution in [1.82, 2.24) is 13.9 Å². The summed E-state index contributed by atoms with van der Waals surface area (Å²) in [5.41, 5.74) is 0. The molecule has 2 N–H and O–H groups in total. The van der Waals surface area contributed by atoms with E-state index in [-0.39, 0.29) is 17.2 Å². The van der Waals surface area contributed by atoms with Gasteiger partial charge in [0.05, 0.1) is 10.6 Å². The molecule has 2 rings (SSSR count). The number of aliphatic carboxylic acids is 1. The van der Waals surface area contributed by atoms with Crippen LogP contribution in [0.25, 0.3) is 0 Å². The summed E-state index contributed by atoms with van der Waals surface area (Å²) in [6, 6.07) is 6.40. The summed E-state index contributed by atoms with van der Waals surface area (Å²) in [7, 11) is -7.20. The first-order chi connectivity index (χ1) is 15.2. The van der Waals surface area contributed by atoms with Crippen molar-refractivity contribution in [3.05, 3.63) is 28.7 Å². The molecule has 0 spiro atoms. The quantitative estimate of drug-likeness (QED) is 0.457. The van der Waals surface area contributed by atoms with Crippen LogP contribution in [0.3, 0.4) is 0 Å². The van der Waals surface area contributed by atoms with Gasteiger partial charge in [0.15, 0.2) is 0 Å². The molecule has 0 amide bonds. The van der Waals surface area contributed by atoms with Crippen molar-refractivity contribution in [1.29, 1.82) is 0 Å². The Morgan fingerprint density at radius 1 is 1.12 bits per heavy atom. The van der Waals surface area contributed by atoms with Crippen LogP contribution in [0.1, 0.15) is 19.8 Å². The lowest BCUT2D eigenvalue weighted by molar-refractivity contribution is -0.192. The molecule has 0 saturated carbocycles. The SMILES string of the molecule is CCCCN(CCS(=O)(=O)N1CCNCC1)S(=O)(=O)c1ccc(Br)cc1.O=C(O)C(F)(F)F. The van der Waals surface area contributed by atoms with E-state index >= 15 is 0 Å². The molecule has 0 bridgehead atoms. The number of carbonyl (C=O) groups is 1. The number of halogens is 4. The first kappa shape index (κ1) is 29.8. The van der Waals surface area contributed by atoms with Crippen LogP contribution in [0, 0.1) is 0 Å². The molecule has 0 unspecified atom stereocenters. The van der Waals surface area contributed by atoms with Crippen LogP contribution in [-0.4, -0.2) is 87.7 Å². The molecular formula is C18H27BrF3N3O6S2. The molecule has 1 aromatic carbocycles. The van der Waals surface area contributed by atoms with Crippen molar-refractivity contribution in [3.63, 3.8) is 0 Å². The van der Waals surface area contributed by atoms with E-state index in [0.29, 0.717) is 39.1 Å². The van der Waals surface area contributed by atoms with Crippen molar-refractivity contribution < 1.29 is 39.9 Å². The number of piperazine rings is 1. The van der Waals surface area contributed by atoms with E-state index in [4.69, 9.17) is 9.90 Å². The Kier molecular flexibility index (Phi) is 11.7. The van der Waals surface area contributed by atoms with Gasteiger partial charge in [-0.1, -0.05) is 29.3 Å². The lowest BCUT2D eigenvalue weighted by Gasteiger charge is -2.28. The lowest BCUT2D eigenvalue weighted by atomic mass is 10.3. The summed E-state index contributed by atoms with van der Waals surface area (Å²) >= 11 is 3.29. The molecule has 9 nitrogen and oxygen atoms in total. The maximum absolute atomic E-state index is 12.9. The predicted octanol–water partition coefficient (Wildman–Crippen LogP) is 2.11. The Balaban J connectivity index is 0.000000675. The molecule has 1 fully saturated rings. The fourth-order valence-corrected chi connectivity index (χ4v) is 6.02. The number of unbranched alkanes of at least 4 members (excludes halogenated alkanes) is 1. The Hall–Kier alpha value is -1.26. The normalized spacial score (nSPS) is 15.7. The predicted molar refractivity (Wildman–Crippen MR) is 120 cm³/mol. The molecule has 1 aliphatic heterocycles. The minimum Gasteiger partial charge on any atom is -0.475 e. The van der Waals surface area contributed by atoms with Crippen molar-refractivity contribution in [2.24, 2.45) is 0 Å². The zero-order chi connectivity index (χ0) is 25.3. The summed E-state index contributed by atoms with van der Waals surface area (Å²) in [6.45, 7) is 4.35. The number of carboxylic acid groups (broad SMARTS) is 1. The summed E-state index contributed by atoms with van der Waals surface area (Å²) in [6.07, 6.45) is -3.57. The Bertz CT molecular complexity index is 967. The second-order valence-corrected chi connectivity index (χ2v) is 11.9. The van der Waals surface area contributed by atoms with Gasteiger partial charge in [-0.15, -0.1) is 0 Å². The third kappa shape index (κ3) is 9.86. The van der Waals surface area contributed by atoms with Gasteiger partial charge in [0.2, 0.25) is 20.0 Å². The van der Waals surface area contributed by atoms with E-state index in [0.717, 1.165) is 10.9 Å². The Labute approximate surface area is 200 Å². The maximum atomic E-state index is 12.9.